The van der Waals surface area contributed by atoms with E-state index in [4.69, 9.17) is 0 Å². The average molecular weight is 253 g/mol. The maximum Gasteiger partial charge on any atom is 0.210 e. The second-order valence-electron chi connectivity index (χ2n) is 4.04. The lowest BCUT2D eigenvalue weighted by Gasteiger charge is -2.12. The molecule has 2 rings (SSSR count). The molecule has 0 bridgehead atoms. The molecule has 0 saturated heterocycles. The number of nitrogens with zero attached hydrogens (tertiary/aromatic N) is 2. The molecule has 0 spiro atoms. The number of rotatable bonds is 4. The van der Waals surface area contributed by atoms with Crippen molar-refractivity contribution in [2.45, 2.75) is 6.42 Å². The SMILES string of the molecule is CN(CCc1nc2ccccc2[nH]1)S(C)(=O)=O. The van der Waals surface area contributed by atoms with E-state index in [0.717, 1.165) is 16.9 Å². The van der Waals surface area contributed by atoms with Crippen molar-refractivity contribution in [3.63, 3.8) is 0 Å². The Balaban J connectivity index is 2.09. The van der Waals surface area contributed by atoms with Gasteiger partial charge in [-0.25, -0.2) is 17.7 Å². The van der Waals surface area contributed by atoms with Crippen molar-refractivity contribution >= 4 is 21.1 Å². The number of likely N-dealkylation sites (N-methyl/N-ethyl adjacent to an activating group) is 1. The zero-order chi connectivity index (χ0) is 12.5. The number of H-pyrrole nitrogens is 1. The maximum absolute atomic E-state index is 11.2. The highest BCUT2D eigenvalue weighted by molar-refractivity contribution is 7.88. The summed E-state index contributed by atoms with van der Waals surface area (Å²) in [6.07, 6.45) is 1.78. The molecular weight excluding hydrogens is 238 g/mol. The van der Waals surface area contributed by atoms with Gasteiger partial charge in [-0.15, -0.1) is 0 Å². The minimum Gasteiger partial charge on any atom is -0.342 e. The predicted molar refractivity (Wildman–Crippen MR) is 67.3 cm³/mol. The van der Waals surface area contributed by atoms with Gasteiger partial charge in [0.2, 0.25) is 10.0 Å². The fourth-order valence-corrected chi connectivity index (χ4v) is 1.98. The Morgan fingerprint density at radius 3 is 2.71 bits per heavy atom. The lowest BCUT2D eigenvalue weighted by Crippen LogP contribution is -2.27. The number of sulfonamides is 1. The first kappa shape index (κ1) is 12.1. The standard InChI is InChI=1S/C11H15N3O2S/c1-14(17(2,15)16)8-7-11-12-9-5-3-4-6-10(9)13-11/h3-6H,7-8H2,1-2H3,(H,12,13). The van der Waals surface area contributed by atoms with Crippen LogP contribution in [0.15, 0.2) is 24.3 Å². The molecule has 17 heavy (non-hydrogen) atoms. The van der Waals surface area contributed by atoms with E-state index in [0.29, 0.717) is 13.0 Å². The molecule has 5 nitrogen and oxygen atoms in total. The summed E-state index contributed by atoms with van der Waals surface area (Å²) in [5, 5.41) is 0. The largest absolute Gasteiger partial charge is 0.342 e. The van der Waals surface area contributed by atoms with Crippen molar-refractivity contribution in [3.05, 3.63) is 30.1 Å². The molecule has 1 N–H and O–H groups in total. The fourth-order valence-electron chi connectivity index (χ4n) is 1.55. The maximum atomic E-state index is 11.2. The summed E-state index contributed by atoms with van der Waals surface area (Å²) < 4.78 is 23.8. The van der Waals surface area contributed by atoms with Crippen molar-refractivity contribution in [2.24, 2.45) is 0 Å². The van der Waals surface area contributed by atoms with Gasteiger partial charge in [0.05, 0.1) is 17.3 Å². The first-order chi connectivity index (χ1) is 7.97. The molecule has 0 fully saturated rings. The third-order valence-electron chi connectivity index (χ3n) is 2.67. The number of aromatic amines is 1. The van der Waals surface area contributed by atoms with E-state index in [2.05, 4.69) is 9.97 Å². The summed E-state index contributed by atoms with van der Waals surface area (Å²) in [7, 11) is -1.54. The summed E-state index contributed by atoms with van der Waals surface area (Å²) in [5.74, 6) is 0.807. The third-order valence-corrected chi connectivity index (χ3v) is 3.98. The highest BCUT2D eigenvalue weighted by atomic mass is 32.2. The molecule has 0 unspecified atom stereocenters. The molecule has 0 aliphatic carbocycles. The lowest BCUT2D eigenvalue weighted by atomic mass is 10.3. The minimum absolute atomic E-state index is 0.429. The molecular formula is C11H15N3O2S. The monoisotopic (exact) mass is 253 g/mol. The minimum atomic E-state index is -3.11. The topological polar surface area (TPSA) is 66.1 Å². The molecule has 0 atom stereocenters. The summed E-state index contributed by atoms with van der Waals surface area (Å²) in [6, 6.07) is 7.74. The molecule has 1 heterocycles. The molecule has 0 amide bonds. The van der Waals surface area contributed by atoms with Crippen molar-refractivity contribution in [1.82, 2.24) is 14.3 Å². The van der Waals surface area contributed by atoms with E-state index < -0.39 is 10.0 Å². The number of hydrogen-bond acceptors (Lipinski definition) is 3. The van der Waals surface area contributed by atoms with Gasteiger partial charge in [0.1, 0.15) is 5.82 Å². The quantitative estimate of drug-likeness (QED) is 0.884. The second-order valence-corrected chi connectivity index (χ2v) is 6.12. The van der Waals surface area contributed by atoms with Crippen LogP contribution in [-0.4, -0.2) is 42.5 Å². The number of hydrogen-bond donors (Lipinski definition) is 1. The van der Waals surface area contributed by atoms with Gasteiger partial charge < -0.3 is 4.98 Å². The van der Waals surface area contributed by atoms with Crippen LogP contribution in [-0.2, 0) is 16.4 Å². The molecule has 6 heteroatoms. The van der Waals surface area contributed by atoms with Crippen molar-refractivity contribution in [2.75, 3.05) is 19.8 Å². The zero-order valence-corrected chi connectivity index (χ0v) is 10.7. The van der Waals surface area contributed by atoms with E-state index in [9.17, 15) is 8.42 Å². The summed E-state index contributed by atoms with van der Waals surface area (Å²) in [6.45, 7) is 0.429. The number of fused-ring (bicyclic) bond motifs is 1. The second kappa shape index (κ2) is 4.46. The number of nitrogens with one attached hydrogen (secondary N) is 1. The Morgan fingerprint density at radius 2 is 2.06 bits per heavy atom. The van der Waals surface area contributed by atoms with Crippen LogP contribution in [0.3, 0.4) is 0 Å². The van der Waals surface area contributed by atoms with E-state index >= 15 is 0 Å². The Morgan fingerprint density at radius 1 is 1.35 bits per heavy atom. The molecule has 2 aromatic rings. The van der Waals surface area contributed by atoms with Crippen LogP contribution in [0.1, 0.15) is 5.82 Å². The summed E-state index contributed by atoms with van der Waals surface area (Å²) in [4.78, 5) is 7.56. The smallest absolute Gasteiger partial charge is 0.210 e. The van der Waals surface area contributed by atoms with Gasteiger partial charge in [0, 0.05) is 20.0 Å². The fraction of sp³-hybridized carbons (Fsp3) is 0.364. The van der Waals surface area contributed by atoms with Gasteiger partial charge in [-0.1, -0.05) is 12.1 Å². The number of imidazole rings is 1. The Bertz CT molecular complexity index is 585. The summed E-state index contributed by atoms with van der Waals surface area (Å²) >= 11 is 0. The van der Waals surface area contributed by atoms with Crippen LogP contribution in [0.25, 0.3) is 11.0 Å². The summed E-state index contributed by atoms with van der Waals surface area (Å²) in [5.41, 5.74) is 1.88. The van der Waals surface area contributed by atoms with E-state index in [1.807, 2.05) is 24.3 Å². The van der Waals surface area contributed by atoms with Crippen LogP contribution < -0.4 is 0 Å². The normalized spacial score (nSPS) is 12.4. The molecule has 0 radical (unpaired) electrons. The Kier molecular flexibility index (Phi) is 3.17. The van der Waals surface area contributed by atoms with Crippen LogP contribution in [0, 0.1) is 0 Å². The van der Waals surface area contributed by atoms with Crippen molar-refractivity contribution in [1.29, 1.82) is 0 Å². The average Bonchev–Trinajstić information content (AvgIpc) is 2.66. The van der Waals surface area contributed by atoms with E-state index in [1.54, 1.807) is 7.05 Å². The van der Waals surface area contributed by atoms with Gasteiger partial charge in [-0.2, -0.15) is 0 Å². The van der Waals surface area contributed by atoms with Crippen LogP contribution >= 0.6 is 0 Å². The van der Waals surface area contributed by atoms with Crippen LogP contribution in [0.4, 0.5) is 0 Å². The van der Waals surface area contributed by atoms with Crippen molar-refractivity contribution in [3.8, 4) is 0 Å². The van der Waals surface area contributed by atoms with Gasteiger partial charge in [0.25, 0.3) is 0 Å². The molecule has 0 saturated carbocycles. The Labute approximate surface area is 101 Å². The lowest BCUT2D eigenvalue weighted by molar-refractivity contribution is 0.475. The first-order valence-corrected chi connectivity index (χ1v) is 7.16. The highest BCUT2D eigenvalue weighted by Crippen LogP contribution is 2.10. The molecule has 0 aliphatic heterocycles. The van der Waals surface area contributed by atoms with E-state index in [-0.39, 0.29) is 0 Å². The molecule has 0 aliphatic rings. The van der Waals surface area contributed by atoms with Crippen LogP contribution in [0.2, 0.25) is 0 Å². The number of benzene rings is 1. The van der Waals surface area contributed by atoms with E-state index in [1.165, 1.54) is 10.6 Å². The predicted octanol–water partition coefficient (Wildman–Crippen LogP) is 0.997. The zero-order valence-electron chi connectivity index (χ0n) is 9.84. The van der Waals surface area contributed by atoms with Gasteiger partial charge in [-0.05, 0) is 12.1 Å². The number of para-hydroxylation sites is 2. The molecule has 1 aromatic heterocycles. The van der Waals surface area contributed by atoms with Gasteiger partial charge in [0.15, 0.2) is 0 Å². The van der Waals surface area contributed by atoms with Crippen molar-refractivity contribution < 1.29 is 8.42 Å². The number of aromatic nitrogens is 2. The van der Waals surface area contributed by atoms with Gasteiger partial charge in [-0.3, -0.25) is 0 Å². The molecule has 92 valence electrons. The Hall–Kier alpha value is -1.40. The highest BCUT2D eigenvalue weighted by Gasteiger charge is 2.11. The first-order valence-electron chi connectivity index (χ1n) is 5.32. The van der Waals surface area contributed by atoms with Crippen LogP contribution in [0.5, 0.6) is 0 Å². The van der Waals surface area contributed by atoms with Gasteiger partial charge >= 0.3 is 0 Å². The molecule has 1 aromatic carbocycles. The third kappa shape index (κ3) is 2.83.